The zero-order chi connectivity index (χ0) is 10.0. The molecule has 0 radical (unpaired) electrons. The summed E-state index contributed by atoms with van der Waals surface area (Å²) in [6, 6.07) is 0. The summed E-state index contributed by atoms with van der Waals surface area (Å²) in [6.45, 7) is 3.32. The van der Waals surface area contributed by atoms with Gasteiger partial charge in [0.1, 0.15) is 6.33 Å². The van der Waals surface area contributed by atoms with E-state index in [1.807, 2.05) is 4.57 Å². The predicted octanol–water partition coefficient (Wildman–Crippen LogP) is 2.90. The largest absolute Gasteiger partial charge is 0.304 e. The molecule has 14 heavy (non-hydrogen) atoms. The maximum atomic E-state index is 5.86. The molecular weight excluding hydrogens is 198 g/mol. The summed E-state index contributed by atoms with van der Waals surface area (Å²) in [5, 5.41) is 8.04. The molecule has 0 bridgehead atoms. The Balaban J connectivity index is 1.91. The summed E-state index contributed by atoms with van der Waals surface area (Å²) in [5.74, 6) is 0. The molecule has 1 aromatic heterocycles. The van der Waals surface area contributed by atoms with Gasteiger partial charge in [0.2, 0.25) is 5.28 Å². The highest BCUT2D eigenvalue weighted by Gasteiger charge is 2.28. The smallest absolute Gasteiger partial charge is 0.224 e. The number of halogens is 1. The molecule has 2 rings (SSSR count). The van der Waals surface area contributed by atoms with E-state index < -0.39 is 0 Å². The lowest BCUT2D eigenvalue weighted by atomic mass is 9.85. The highest BCUT2D eigenvalue weighted by Crippen LogP contribution is 2.40. The molecule has 1 heterocycles. The first-order valence-corrected chi connectivity index (χ1v) is 5.61. The molecule has 1 aliphatic rings. The van der Waals surface area contributed by atoms with Gasteiger partial charge in [-0.25, -0.2) is 0 Å². The fourth-order valence-corrected chi connectivity index (χ4v) is 2.43. The van der Waals surface area contributed by atoms with E-state index in [1.165, 1.54) is 32.1 Å². The fourth-order valence-electron chi connectivity index (χ4n) is 2.26. The van der Waals surface area contributed by atoms with E-state index in [1.54, 1.807) is 6.33 Å². The monoisotopic (exact) mass is 213 g/mol. The second-order valence-electron chi connectivity index (χ2n) is 4.56. The Hall–Kier alpha value is -0.570. The van der Waals surface area contributed by atoms with Gasteiger partial charge in [-0.3, -0.25) is 0 Å². The van der Waals surface area contributed by atoms with E-state index >= 15 is 0 Å². The molecule has 1 fully saturated rings. The van der Waals surface area contributed by atoms with Crippen LogP contribution in [0.4, 0.5) is 0 Å². The SMILES string of the molecule is CC1(CCn2cnnc2Cl)CCCC1. The van der Waals surface area contributed by atoms with Gasteiger partial charge in [0.25, 0.3) is 0 Å². The molecule has 1 aliphatic carbocycles. The van der Waals surface area contributed by atoms with Gasteiger partial charge < -0.3 is 4.57 Å². The third-order valence-electron chi connectivity index (χ3n) is 3.34. The van der Waals surface area contributed by atoms with Crippen molar-refractivity contribution in [2.75, 3.05) is 0 Å². The third-order valence-corrected chi connectivity index (χ3v) is 3.63. The van der Waals surface area contributed by atoms with Crippen LogP contribution in [0.2, 0.25) is 5.28 Å². The van der Waals surface area contributed by atoms with Crippen molar-refractivity contribution in [2.24, 2.45) is 5.41 Å². The van der Waals surface area contributed by atoms with Crippen LogP contribution in [0.15, 0.2) is 6.33 Å². The summed E-state index contributed by atoms with van der Waals surface area (Å²) in [7, 11) is 0. The van der Waals surface area contributed by atoms with Crippen molar-refractivity contribution in [3.63, 3.8) is 0 Å². The maximum Gasteiger partial charge on any atom is 0.224 e. The topological polar surface area (TPSA) is 30.7 Å². The Morgan fingerprint density at radius 1 is 1.50 bits per heavy atom. The lowest BCUT2D eigenvalue weighted by molar-refractivity contribution is 0.289. The molecule has 4 heteroatoms. The standard InChI is InChI=1S/C10H16ClN3/c1-10(4-2-3-5-10)6-7-14-8-12-13-9(14)11/h8H,2-7H2,1H3. The first kappa shape index (κ1) is 9.97. The third kappa shape index (κ3) is 2.08. The zero-order valence-corrected chi connectivity index (χ0v) is 9.30. The minimum Gasteiger partial charge on any atom is -0.304 e. The van der Waals surface area contributed by atoms with Crippen LogP contribution in [-0.2, 0) is 6.54 Å². The van der Waals surface area contributed by atoms with Crippen molar-refractivity contribution in [3.05, 3.63) is 11.6 Å². The summed E-state index contributed by atoms with van der Waals surface area (Å²) in [6.07, 6.45) is 8.36. The van der Waals surface area contributed by atoms with Crippen molar-refractivity contribution >= 4 is 11.6 Å². The summed E-state index contributed by atoms with van der Waals surface area (Å²) < 4.78 is 1.92. The van der Waals surface area contributed by atoms with E-state index in [0.717, 1.165) is 6.54 Å². The highest BCUT2D eigenvalue weighted by atomic mass is 35.5. The average Bonchev–Trinajstić information content (AvgIpc) is 2.73. The molecular formula is C10H16ClN3. The van der Waals surface area contributed by atoms with Crippen LogP contribution >= 0.6 is 11.6 Å². The van der Waals surface area contributed by atoms with Crippen LogP contribution in [-0.4, -0.2) is 14.8 Å². The molecule has 0 unspecified atom stereocenters. The van der Waals surface area contributed by atoms with Gasteiger partial charge in [-0.15, -0.1) is 10.2 Å². The number of hydrogen-bond acceptors (Lipinski definition) is 2. The molecule has 0 aliphatic heterocycles. The van der Waals surface area contributed by atoms with Crippen LogP contribution in [0.1, 0.15) is 39.0 Å². The average molecular weight is 214 g/mol. The van der Waals surface area contributed by atoms with Crippen LogP contribution in [0.3, 0.4) is 0 Å². The Morgan fingerprint density at radius 2 is 2.21 bits per heavy atom. The molecule has 0 spiro atoms. The van der Waals surface area contributed by atoms with Gasteiger partial charge in [-0.2, -0.15) is 0 Å². The molecule has 78 valence electrons. The zero-order valence-electron chi connectivity index (χ0n) is 8.54. The van der Waals surface area contributed by atoms with Crippen molar-refractivity contribution in [1.29, 1.82) is 0 Å². The van der Waals surface area contributed by atoms with E-state index in [2.05, 4.69) is 17.1 Å². The van der Waals surface area contributed by atoms with Gasteiger partial charge in [0, 0.05) is 6.54 Å². The molecule has 0 N–H and O–H groups in total. The van der Waals surface area contributed by atoms with Crippen molar-refractivity contribution in [1.82, 2.24) is 14.8 Å². The van der Waals surface area contributed by atoms with E-state index in [9.17, 15) is 0 Å². The first-order valence-electron chi connectivity index (χ1n) is 5.23. The number of aromatic nitrogens is 3. The Bertz CT molecular complexity index is 302. The van der Waals surface area contributed by atoms with Gasteiger partial charge in [0.05, 0.1) is 0 Å². The highest BCUT2D eigenvalue weighted by molar-refractivity contribution is 6.28. The predicted molar refractivity (Wildman–Crippen MR) is 56.2 cm³/mol. The molecule has 0 atom stereocenters. The van der Waals surface area contributed by atoms with E-state index in [4.69, 9.17) is 11.6 Å². The number of rotatable bonds is 3. The molecule has 3 nitrogen and oxygen atoms in total. The molecule has 0 aromatic carbocycles. The number of nitrogens with zero attached hydrogens (tertiary/aromatic N) is 3. The Morgan fingerprint density at radius 3 is 2.79 bits per heavy atom. The fraction of sp³-hybridized carbons (Fsp3) is 0.800. The summed E-state index contributed by atoms with van der Waals surface area (Å²) in [5.41, 5.74) is 0.521. The van der Waals surface area contributed by atoms with Crippen LogP contribution in [0.25, 0.3) is 0 Å². The second-order valence-corrected chi connectivity index (χ2v) is 4.90. The van der Waals surface area contributed by atoms with Crippen LogP contribution < -0.4 is 0 Å². The van der Waals surface area contributed by atoms with Gasteiger partial charge in [0.15, 0.2) is 0 Å². The van der Waals surface area contributed by atoms with Gasteiger partial charge in [-0.1, -0.05) is 19.8 Å². The minimum atomic E-state index is 0.506. The summed E-state index contributed by atoms with van der Waals surface area (Å²) >= 11 is 5.86. The van der Waals surface area contributed by atoms with E-state index in [0.29, 0.717) is 10.7 Å². The quantitative estimate of drug-likeness (QED) is 0.773. The number of hydrogen-bond donors (Lipinski definition) is 0. The van der Waals surface area contributed by atoms with E-state index in [-0.39, 0.29) is 0 Å². The minimum absolute atomic E-state index is 0.506. The lowest BCUT2D eigenvalue weighted by Gasteiger charge is -2.23. The lowest BCUT2D eigenvalue weighted by Crippen LogP contribution is -2.14. The Labute approximate surface area is 89.5 Å². The first-order chi connectivity index (χ1) is 6.70. The number of aryl methyl sites for hydroxylation is 1. The normalized spacial score (nSPS) is 20.1. The van der Waals surface area contributed by atoms with Crippen molar-refractivity contribution < 1.29 is 0 Å². The van der Waals surface area contributed by atoms with Crippen molar-refractivity contribution in [2.45, 2.75) is 45.6 Å². The Kier molecular flexibility index (Phi) is 2.77. The van der Waals surface area contributed by atoms with Gasteiger partial charge in [-0.05, 0) is 36.3 Å². The van der Waals surface area contributed by atoms with Crippen LogP contribution in [0, 0.1) is 5.41 Å². The molecule has 1 aromatic rings. The molecule has 0 amide bonds. The molecule has 1 saturated carbocycles. The van der Waals surface area contributed by atoms with Crippen molar-refractivity contribution in [3.8, 4) is 0 Å². The molecule has 0 saturated heterocycles. The summed E-state index contributed by atoms with van der Waals surface area (Å²) in [4.78, 5) is 0. The second kappa shape index (κ2) is 3.89. The van der Waals surface area contributed by atoms with Gasteiger partial charge >= 0.3 is 0 Å². The van der Waals surface area contributed by atoms with Crippen LogP contribution in [0.5, 0.6) is 0 Å². The maximum absolute atomic E-state index is 5.86.